The predicted molar refractivity (Wildman–Crippen MR) is 125 cm³/mol. The van der Waals surface area contributed by atoms with E-state index in [-0.39, 0.29) is 30.0 Å². The van der Waals surface area contributed by atoms with E-state index in [2.05, 4.69) is 28.0 Å². The maximum atomic E-state index is 12.5. The first-order valence-electron chi connectivity index (χ1n) is 11.3. The van der Waals surface area contributed by atoms with Crippen LogP contribution >= 0.6 is 0 Å². The lowest BCUT2D eigenvalue weighted by Crippen LogP contribution is -2.36. The number of hydrogen-bond donors (Lipinski definition) is 3. The number of aryl methyl sites for hydroxylation is 1. The summed E-state index contributed by atoms with van der Waals surface area (Å²) in [6.45, 7) is 0.144. The molecule has 1 atom stereocenters. The Morgan fingerprint density at radius 3 is 2.31 bits per heavy atom. The Bertz CT molecular complexity index is 1250. The number of nitrogens with zero attached hydrogens (tertiary/aromatic N) is 2. The molecule has 1 unspecified atom stereocenters. The highest BCUT2D eigenvalue weighted by molar-refractivity contribution is 5.94. The molecule has 5 rings (SSSR count). The Hall–Kier alpha value is -4.18. The first-order valence-corrected chi connectivity index (χ1v) is 11.3. The minimum atomic E-state index is -1.13. The number of aromatic nitrogens is 2. The van der Waals surface area contributed by atoms with Crippen LogP contribution in [0.25, 0.3) is 11.1 Å². The van der Waals surface area contributed by atoms with Gasteiger partial charge < -0.3 is 9.84 Å². The lowest BCUT2D eigenvalue weighted by molar-refractivity contribution is -0.155. The standard InChI is InChI=1S/C25H24N4O6/c1-29-20(23(30)28-35-22(24(31)32)14-10-11-14)12-21(27-29)26-25(33)34-13-19-17-8-4-2-6-15(17)16-7-3-5-9-18(16)19/h2-9,12,14,19,22H,10-11,13H2,1H3,(H,28,30)(H,31,32)(H,26,27,33). The van der Waals surface area contributed by atoms with Gasteiger partial charge in [0.1, 0.15) is 12.3 Å². The van der Waals surface area contributed by atoms with Gasteiger partial charge in [-0.1, -0.05) is 48.5 Å². The fraction of sp³-hybridized carbons (Fsp3) is 0.280. The molecule has 1 heterocycles. The number of fused-ring (bicyclic) bond motifs is 3. The number of carbonyl (C=O) groups excluding carboxylic acids is 2. The molecule has 35 heavy (non-hydrogen) atoms. The van der Waals surface area contributed by atoms with Gasteiger partial charge in [-0.2, -0.15) is 5.10 Å². The number of anilines is 1. The number of ether oxygens (including phenoxy) is 1. The van der Waals surface area contributed by atoms with Crippen molar-refractivity contribution in [1.29, 1.82) is 0 Å². The second-order valence-corrected chi connectivity index (χ2v) is 8.63. The molecule has 1 fully saturated rings. The van der Waals surface area contributed by atoms with Gasteiger partial charge in [-0.15, -0.1) is 0 Å². The number of nitrogens with one attached hydrogen (secondary N) is 2. The molecule has 10 heteroatoms. The highest BCUT2D eigenvalue weighted by Gasteiger charge is 2.38. The van der Waals surface area contributed by atoms with E-state index in [0.717, 1.165) is 35.1 Å². The van der Waals surface area contributed by atoms with Gasteiger partial charge in [0.15, 0.2) is 11.9 Å². The molecule has 3 aromatic rings. The summed E-state index contributed by atoms with van der Waals surface area (Å²) in [6, 6.07) is 17.4. The van der Waals surface area contributed by atoms with Crippen LogP contribution in [0.1, 0.15) is 40.4 Å². The number of hydroxylamine groups is 1. The fourth-order valence-corrected chi connectivity index (χ4v) is 4.40. The largest absolute Gasteiger partial charge is 0.479 e. The zero-order valence-corrected chi connectivity index (χ0v) is 18.9. The quantitative estimate of drug-likeness (QED) is 0.425. The number of hydrogen-bond acceptors (Lipinski definition) is 6. The van der Waals surface area contributed by atoms with Crippen molar-refractivity contribution in [1.82, 2.24) is 15.3 Å². The molecule has 1 saturated carbocycles. The van der Waals surface area contributed by atoms with Crippen LogP contribution in [0.15, 0.2) is 54.6 Å². The van der Waals surface area contributed by atoms with Crippen molar-refractivity contribution in [2.24, 2.45) is 13.0 Å². The van der Waals surface area contributed by atoms with E-state index in [4.69, 9.17) is 9.57 Å². The van der Waals surface area contributed by atoms with E-state index in [1.165, 1.54) is 17.8 Å². The summed E-state index contributed by atoms with van der Waals surface area (Å²) in [5, 5.41) is 15.8. The smallest absolute Gasteiger partial charge is 0.412 e. The van der Waals surface area contributed by atoms with Crippen molar-refractivity contribution < 1.29 is 29.1 Å². The first kappa shape index (κ1) is 22.6. The third kappa shape index (κ3) is 4.60. The summed E-state index contributed by atoms with van der Waals surface area (Å²) in [6.07, 6.45) is -0.307. The van der Waals surface area contributed by atoms with Crippen LogP contribution < -0.4 is 10.8 Å². The molecule has 1 aromatic heterocycles. The molecule has 0 spiro atoms. The third-order valence-electron chi connectivity index (χ3n) is 6.26. The van der Waals surface area contributed by atoms with Gasteiger partial charge in [-0.25, -0.2) is 15.1 Å². The SMILES string of the molecule is Cn1nc(NC(=O)OCC2c3ccccc3-c3ccccc32)cc1C(=O)NOC(C(=O)O)C1CC1. The highest BCUT2D eigenvalue weighted by Crippen LogP contribution is 2.44. The average Bonchev–Trinajstić information content (AvgIpc) is 3.53. The molecular weight excluding hydrogens is 452 g/mol. The fourth-order valence-electron chi connectivity index (χ4n) is 4.40. The summed E-state index contributed by atoms with van der Waals surface area (Å²) in [5.74, 6) is -1.87. The number of benzene rings is 2. The monoisotopic (exact) mass is 476 g/mol. The van der Waals surface area contributed by atoms with E-state index in [9.17, 15) is 19.5 Å². The molecule has 3 N–H and O–H groups in total. The number of rotatable bonds is 8. The Balaban J connectivity index is 1.19. The minimum absolute atomic E-state index is 0.0796. The molecular formula is C25H24N4O6. The normalized spacial score (nSPS) is 15.1. The zero-order valence-electron chi connectivity index (χ0n) is 18.9. The zero-order chi connectivity index (χ0) is 24.5. The van der Waals surface area contributed by atoms with Gasteiger partial charge in [-0.3, -0.25) is 19.6 Å². The lowest BCUT2D eigenvalue weighted by atomic mass is 9.98. The molecule has 2 aliphatic rings. The lowest BCUT2D eigenvalue weighted by Gasteiger charge is -2.14. The van der Waals surface area contributed by atoms with E-state index in [1.54, 1.807) is 0 Å². The molecule has 2 aliphatic carbocycles. The Kier molecular flexibility index (Phi) is 5.96. The van der Waals surface area contributed by atoms with Crippen molar-refractivity contribution in [3.8, 4) is 11.1 Å². The van der Waals surface area contributed by atoms with E-state index < -0.39 is 24.1 Å². The van der Waals surface area contributed by atoms with Crippen LogP contribution in [0, 0.1) is 5.92 Å². The summed E-state index contributed by atoms with van der Waals surface area (Å²) in [4.78, 5) is 41.3. The number of carboxylic acids is 1. The number of aliphatic carboxylic acids is 1. The molecule has 0 aliphatic heterocycles. The molecule has 0 saturated heterocycles. The van der Waals surface area contributed by atoms with Crippen molar-refractivity contribution >= 4 is 23.8 Å². The average molecular weight is 476 g/mol. The maximum absolute atomic E-state index is 12.5. The van der Waals surface area contributed by atoms with Crippen molar-refractivity contribution in [2.45, 2.75) is 24.9 Å². The van der Waals surface area contributed by atoms with Crippen molar-refractivity contribution in [3.05, 3.63) is 71.4 Å². The second-order valence-electron chi connectivity index (χ2n) is 8.63. The van der Waals surface area contributed by atoms with Gasteiger partial charge in [0.05, 0.1) is 0 Å². The van der Waals surface area contributed by atoms with E-state index in [0.29, 0.717) is 0 Å². The molecule has 2 aromatic carbocycles. The van der Waals surface area contributed by atoms with Crippen LogP contribution in [-0.4, -0.2) is 45.6 Å². The van der Waals surface area contributed by atoms with Crippen molar-refractivity contribution in [3.63, 3.8) is 0 Å². The Morgan fingerprint density at radius 2 is 1.71 bits per heavy atom. The topological polar surface area (TPSA) is 132 Å². The van der Waals surface area contributed by atoms with Crippen molar-refractivity contribution in [2.75, 3.05) is 11.9 Å². The summed E-state index contributed by atoms with van der Waals surface area (Å²) >= 11 is 0. The second kappa shape index (κ2) is 9.22. The minimum Gasteiger partial charge on any atom is -0.479 e. The summed E-state index contributed by atoms with van der Waals surface area (Å²) in [7, 11) is 1.52. The van der Waals surface area contributed by atoms with E-state index in [1.807, 2.05) is 36.4 Å². The molecule has 2 amide bonds. The molecule has 0 radical (unpaired) electrons. The maximum Gasteiger partial charge on any atom is 0.412 e. The van der Waals surface area contributed by atoms with Crippen LogP contribution in [0.3, 0.4) is 0 Å². The molecule has 180 valence electrons. The first-order chi connectivity index (χ1) is 16.9. The number of carboxylic acid groups (broad SMARTS) is 1. The Labute approximate surface area is 200 Å². The summed E-state index contributed by atoms with van der Waals surface area (Å²) in [5.41, 5.74) is 6.71. The predicted octanol–water partition coefficient (Wildman–Crippen LogP) is 3.31. The number of amides is 2. The highest BCUT2D eigenvalue weighted by atomic mass is 16.7. The molecule has 10 nitrogen and oxygen atoms in total. The molecule has 0 bridgehead atoms. The van der Waals surface area contributed by atoms with Crippen LogP contribution in [0.5, 0.6) is 0 Å². The van der Waals surface area contributed by atoms with Gasteiger partial charge in [0.25, 0.3) is 5.91 Å². The number of carbonyl (C=O) groups is 3. The van der Waals surface area contributed by atoms with Crippen LogP contribution in [-0.2, 0) is 21.4 Å². The van der Waals surface area contributed by atoms with E-state index >= 15 is 0 Å². The van der Waals surface area contributed by atoms with Crippen LogP contribution in [0.2, 0.25) is 0 Å². The van der Waals surface area contributed by atoms with Gasteiger partial charge in [-0.05, 0) is 41.0 Å². The van der Waals surface area contributed by atoms with Gasteiger partial charge in [0.2, 0.25) is 0 Å². The van der Waals surface area contributed by atoms with Gasteiger partial charge in [0, 0.05) is 19.0 Å². The summed E-state index contributed by atoms with van der Waals surface area (Å²) < 4.78 is 6.76. The van der Waals surface area contributed by atoms with Crippen LogP contribution in [0.4, 0.5) is 10.6 Å². The third-order valence-corrected chi connectivity index (χ3v) is 6.26. The Morgan fingerprint density at radius 1 is 1.09 bits per heavy atom. The van der Waals surface area contributed by atoms with Gasteiger partial charge >= 0.3 is 12.1 Å².